The monoisotopic (exact) mass is 468 g/mol. The van der Waals surface area contributed by atoms with Crippen LogP contribution in [0.4, 0.5) is 5.95 Å². The Morgan fingerprint density at radius 2 is 1.71 bits per heavy atom. The predicted octanol–water partition coefficient (Wildman–Crippen LogP) is 5.88. The molecule has 170 valence electrons. The molecule has 0 radical (unpaired) electrons. The number of rotatable bonds is 4. The quantitative estimate of drug-likeness (QED) is 0.378. The summed E-state index contributed by atoms with van der Waals surface area (Å²) in [6.07, 6.45) is 1.71. The normalized spacial score (nSPS) is 18.3. The van der Waals surface area contributed by atoms with Crippen LogP contribution in [0.15, 0.2) is 83.5 Å². The SMILES string of the molecule is COc1ccc([C@H]2C3=C(Nc4nc(SC)nn42)c2ccccc2O[C@@H]3c2ccc(C)cc2)cc1. The predicted molar refractivity (Wildman–Crippen MR) is 134 cm³/mol. The molecule has 0 amide bonds. The smallest absolute Gasteiger partial charge is 0.227 e. The fourth-order valence-electron chi connectivity index (χ4n) is 4.67. The first kappa shape index (κ1) is 20.9. The Bertz CT molecular complexity index is 1390. The lowest BCUT2D eigenvalue weighted by Crippen LogP contribution is -2.32. The van der Waals surface area contributed by atoms with Crippen molar-refractivity contribution in [3.63, 3.8) is 0 Å². The van der Waals surface area contributed by atoms with E-state index in [-0.39, 0.29) is 12.1 Å². The van der Waals surface area contributed by atoms with E-state index in [0.717, 1.165) is 50.6 Å². The first-order valence-electron chi connectivity index (χ1n) is 11.1. The van der Waals surface area contributed by atoms with Crippen molar-refractivity contribution in [3.8, 4) is 11.5 Å². The molecule has 7 heteroatoms. The van der Waals surface area contributed by atoms with Gasteiger partial charge < -0.3 is 14.8 Å². The maximum absolute atomic E-state index is 6.68. The van der Waals surface area contributed by atoms with Gasteiger partial charge in [-0.3, -0.25) is 0 Å². The first-order valence-corrected chi connectivity index (χ1v) is 12.4. The molecule has 6 rings (SSSR count). The van der Waals surface area contributed by atoms with Gasteiger partial charge in [-0.05, 0) is 48.6 Å². The molecule has 4 aromatic rings. The Morgan fingerprint density at radius 3 is 2.44 bits per heavy atom. The number of para-hydroxylation sites is 1. The second-order valence-corrected chi connectivity index (χ2v) is 9.18. The van der Waals surface area contributed by atoms with Crippen molar-refractivity contribution in [2.45, 2.75) is 24.2 Å². The molecule has 2 aliphatic heterocycles. The number of nitrogens with zero attached hydrogens (tertiary/aromatic N) is 3. The zero-order valence-corrected chi connectivity index (χ0v) is 20.0. The highest BCUT2D eigenvalue weighted by Gasteiger charge is 2.41. The minimum atomic E-state index is -0.278. The van der Waals surface area contributed by atoms with Gasteiger partial charge >= 0.3 is 0 Å². The highest BCUT2D eigenvalue weighted by atomic mass is 32.2. The number of anilines is 1. The van der Waals surface area contributed by atoms with Gasteiger partial charge in [0.15, 0.2) is 0 Å². The molecule has 0 bridgehead atoms. The van der Waals surface area contributed by atoms with E-state index >= 15 is 0 Å². The number of nitrogens with one attached hydrogen (secondary N) is 1. The van der Waals surface area contributed by atoms with Crippen LogP contribution in [-0.2, 0) is 0 Å². The second kappa shape index (κ2) is 8.25. The maximum Gasteiger partial charge on any atom is 0.227 e. The summed E-state index contributed by atoms with van der Waals surface area (Å²) in [7, 11) is 1.68. The van der Waals surface area contributed by atoms with E-state index in [1.807, 2.05) is 41.3 Å². The highest BCUT2D eigenvalue weighted by molar-refractivity contribution is 7.98. The van der Waals surface area contributed by atoms with Gasteiger partial charge in [-0.1, -0.05) is 65.9 Å². The van der Waals surface area contributed by atoms with Crippen LogP contribution in [0.3, 0.4) is 0 Å². The molecule has 0 aliphatic carbocycles. The fraction of sp³-hybridized carbons (Fsp3) is 0.185. The number of hydrogen-bond acceptors (Lipinski definition) is 6. The van der Waals surface area contributed by atoms with Gasteiger partial charge in [0, 0.05) is 11.1 Å². The van der Waals surface area contributed by atoms with Crippen molar-refractivity contribution in [1.29, 1.82) is 0 Å². The minimum absolute atomic E-state index is 0.190. The van der Waals surface area contributed by atoms with Crippen LogP contribution >= 0.6 is 11.8 Å². The fourth-order valence-corrected chi connectivity index (χ4v) is 5.01. The molecule has 0 saturated heterocycles. The third-order valence-corrected chi connectivity index (χ3v) is 6.89. The average Bonchev–Trinajstić information content (AvgIpc) is 3.30. The Hall–Kier alpha value is -3.71. The summed E-state index contributed by atoms with van der Waals surface area (Å²) < 4.78 is 14.1. The molecule has 0 fully saturated rings. The number of ether oxygens (including phenoxy) is 2. The van der Waals surface area contributed by atoms with Gasteiger partial charge in [-0.25, -0.2) is 4.68 Å². The van der Waals surface area contributed by atoms with Gasteiger partial charge in [0.25, 0.3) is 0 Å². The summed E-state index contributed by atoms with van der Waals surface area (Å²) in [5.41, 5.74) is 6.57. The zero-order chi connectivity index (χ0) is 23.2. The van der Waals surface area contributed by atoms with Crippen molar-refractivity contribution in [2.24, 2.45) is 0 Å². The topological polar surface area (TPSA) is 61.2 Å². The van der Waals surface area contributed by atoms with E-state index in [1.165, 1.54) is 17.3 Å². The summed E-state index contributed by atoms with van der Waals surface area (Å²) in [5, 5.41) is 9.16. The Morgan fingerprint density at radius 1 is 0.971 bits per heavy atom. The Kier molecular flexibility index (Phi) is 5.07. The number of hydrogen-bond donors (Lipinski definition) is 1. The van der Waals surface area contributed by atoms with E-state index < -0.39 is 0 Å². The number of aromatic nitrogens is 3. The maximum atomic E-state index is 6.68. The molecule has 1 aromatic heterocycles. The zero-order valence-electron chi connectivity index (χ0n) is 19.1. The molecule has 2 atom stereocenters. The van der Waals surface area contributed by atoms with Gasteiger partial charge in [-0.15, -0.1) is 5.10 Å². The van der Waals surface area contributed by atoms with Crippen LogP contribution in [0.5, 0.6) is 11.5 Å². The van der Waals surface area contributed by atoms with Gasteiger partial charge in [0.05, 0.1) is 12.8 Å². The number of benzene rings is 3. The average molecular weight is 469 g/mol. The third kappa shape index (κ3) is 3.35. The van der Waals surface area contributed by atoms with Crippen LogP contribution < -0.4 is 14.8 Å². The molecule has 3 heterocycles. The summed E-state index contributed by atoms with van der Waals surface area (Å²) >= 11 is 1.53. The van der Waals surface area contributed by atoms with Crippen LogP contribution in [0.1, 0.15) is 34.4 Å². The van der Waals surface area contributed by atoms with Crippen molar-refractivity contribution < 1.29 is 9.47 Å². The summed E-state index contributed by atoms with van der Waals surface area (Å²) in [6.45, 7) is 2.10. The van der Waals surface area contributed by atoms with E-state index in [0.29, 0.717) is 0 Å². The second-order valence-electron chi connectivity index (χ2n) is 8.40. The van der Waals surface area contributed by atoms with Crippen LogP contribution in [-0.4, -0.2) is 28.1 Å². The van der Waals surface area contributed by atoms with Crippen molar-refractivity contribution in [1.82, 2.24) is 14.8 Å². The Labute approximate surface area is 202 Å². The number of thioether (sulfide) groups is 1. The van der Waals surface area contributed by atoms with Crippen LogP contribution in [0.2, 0.25) is 0 Å². The van der Waals surface area contributed by atoms with Gasteiger partial charge in [0.2, 0.25) is 11.1 Å². The molecular formula is C27H24N4O2S. The largest absolute Gasteiger partial charge is 0.497 e. The Balaban J connectivity index is 1.61. The lowest BCUT2D eigenvalue weighted by atomic mass is 9.84. The number of aryl methyl sites for hydroxylation is 1. The van der Waals surface area contributed by atoms with E-state index in [1.54, 1.807) is 7.11 Å². The van der Waals surface area contributed by atoms with E-state index in [2.05, 4.69) is 54.7 Å². The van der Waals surface area contributed by atoms with Crippen LogP contribution in [0.25, 0.3) is 5.70 Å². The lowest BCUT2D eigenvalue weighted by Gasteiger charge is -2.39. The molecule has 6 nitrogen and oxygen atoms in total. The van der Waals surface area contributed by atoms with E-state index in [9.17, 15) is 0 Å². The molecule has 2 aliphatic rings. The lowest BCUT2D eigenvalue weighted by molar-refractivity contribution is 0.223. The van der Waals surface area contributed by atoms with Gasteiger partial charge in [0.1, 0.15) is 23.6 Å². The molecule has 34 heavy (non-hydrogen) atoms. The van der Waals surface area contributed by atoms with Crippen molar-refractivity contribution in [3.05, 3.63) is 101 Å². The van der Waals surface area contributed by atoms with Crippen LogP contribution in [0, 0.1) is 6.92 Å². The summed E-state index contributed by atoms with van der Waals surface area (Å²) in [6, 6.07) is 24.7. The minimum Gasteiger partial charge on any atom is -0.497 e. The highest BCUT2D eigenvalue weighted by Crippen LogP contribution is 2.50. The van der Waals surface area contributed by atoms with E-state index in [4.69, 9.17) is 19.6 Å². The standard InChI is InChI=1S/C27H24N4O2S/c1-16-8-10-18(11-9-16)25-22-23(20-6-4-5-7-21(20)33-25)28-26-29-27(34-3)30-31(26)24(22)17-12-14-19(32-2)15-13-17/h4-15,24-25H,1-3H3,(H,28,29,30)/t24-,25+/m0/s1. The molecule has 0 spiro atoms. The molecular weight excluding hydrogens is 444 g/mol. The molecule has 1 N–H and O–H groups in total. The van der Waals surface area contributed by atoms with Gasteiger partial charge in [-0.2, -0.15) is 4.98 Å². The number of methoxy groups -OCH3 is 1. The third-order valence-electron chi connectivity index (χ3n) is 6.35. The van der Waals surface area contributed by atoms with Crippen molar-refractivity contribution in [2.75, 3.05) is 18.7 Å². The summed E-state index contributed by atoms with van der Waals surface area (Å²) in [5.74, 6) is 2.39. The molecule has 0 unspecified atom stereocenters. The number of fused-ring (bicyclic) bond motifs is 3. The summed E-state index contributed by atoms with van der Waals surface area (Å²) in [4.78, 5) is 4.76. The first-order chi connectivity index (χ1) is 16.7. The van der Waals surface area contributed by atoms with Crippen molar-refractivity contribution >= 4 is 23.4 Å². The molecule has 3 aromatic carbocycles. The molecule has 0 saturated carbocycles.